The number of nitrogens with two attached hydrogens (primary N) is 1. The zero-order valence-electron chi connectivity index (χ0n) is 5.22. The van der Waals surface area contributed by atoms with E-state index in [1.165, 1.54) is 0 Å². The molecule has 0 saturated heterocycles. The Labute approximate surface area is 89.8 Å². The molecule has 8 heteroatoms. The Morgan fingerprint density at radius 2 is 1.25 bits per heavy atom. The van der Waals surface area contributed by atoms with Crippen molar-refractivity contribution in [3.8, 4) is 0 Å². The predicted molar refractivity (Wildman–Crippen MR) is 21.3 cm³/mol. The predicted octanol–water partition coefficient (Wildman–Crippen LogP) is -4.48. The van der Waals surface area contributed by atoms with Gasteiger partial charge in [0.05, 0.1) is 0 Å². The first kappa shape index (κ1) is 16.3. The van der Waals surface area contributed by atoms with Gasteiger partial charge in [-0.25, -0.2) is 10.5 Å². The zero-order valence-corrected chi connectivity index (χ0v) is 8.24. The van der Waals surface area contributed by atoms with Crippen LogP contribution in [0.4, 0.5) is 0 Å². The van der Waals surface area contributed by atoms with Gasteiger partial charge in [0, 0.05) is 0 Å². The van der Waals surface area contributed by atoms with Crippen LogP contribution in [0.15, 0.2) is 0 Å². The van der Waals surface area contributed by atoms with Gasteiger partial charge >= 0.3 is 59.2 Å². The van der Waals surface area contributed by atoms with Crippen molar-refractivity contribution in [2.24, 2.45) is 5.90 Å². The molecule has 0 saturated carbocycles. The molecule has 8 heavy (non-hydrogen) atoms. The van der Waals surface area contributed by atoms with E-state index in [9.17, 15) is 0 Å². The molecule has 0 aliphatic rings. The molecule has 48 valence electrons. The summed E-state index contributed by atoms with van der Waals surface area (Å²) in [6, 6.07) is 0. The minimum absolute atomic E-state index is 0. The maximum atomic E-state index is 8.88. The molecule has 0 atom stereocenters. The van der Waals surface area contributed by atoms with Crippen molar-refractivity contribution in [2.75, 3.05) is 0 Å². The van der Waals surface area contributed by atoms with E-state index >= 15 is 0 Å². The molecule has 0 spiro atoms. The second-order valence-corrected chi connectivity index (χ2v) is 1.54. The molecular weight excluding hydrogens is 164 g/mol. The average Bonchev–Trinajstić information content (AvgIpc) is 1.36. The molecule has 0 amide bonds. The van der Waals surface area contributed by atoms with Gasteiger partial charge in [0.15, 0.2) is 0 Å². The topological polar surface area (TPSA) is 124 Å². The number of hydrogen-bond acceptors (Lipinski definition) is 3. The molecule has 0 aromatic rings. The van der Waals surface area contributed by atoms with Crippen LogP contribution in [0.5, 0.6) is 0 Å². The Morgan fingerprint density at radius 3 is 1.25 bits per heavy atom. The van der Waals surface area contributed by atoms with Gasteiger partial charge in [0.25, 0.3) is 0 Å². The maximum Gasteiger partial charge on any atom is 1.00 e. The standard InChI is InChI=1S/K.H3NO.H3O4P.H/c;1-2;1-5(2,3)4;/h;2H,1H2;(H3,1,2,3,4);/q+1;;;-1. The van der Waals surface area contributed by atoms with Gasteiger partial charge in [-0.1, -0.05) is 0 Å². The van der Waals surface area contributed by atoms with E-state index in [-0.39, 0.29) is 52.8 Å². The summed E-state index contributed by atoms with van der Waals surface area (Å²) >= 11 is 0. The van der Waals surface area contributed by atoms with Crippen LogP contribution in [-0.2, 0) is 4.57 Å². The van der Waals surface area contributed by atoms with Crippen LogP contribution < -0.4 is 57.3 Å². The largest absolute Gasteiger partial charge is 1.00 e. The summed E-state index contributed by atoms with van der Waals surface area (Å²) in [5.74, 6) is 3.50. The fourth-order valence-corrected chi connectivity index (χ4v) is 0. The maximum absolute atomic E-state index is 8.88. The third kappa shape index (κ3) is 123. The van der Waals surface area contributed by atoms with Crippen molar-refractivity contribution >= 4 is 7.82 Å². The molecule has 0 bridgehead atoms. The molecule has 0 aromatic heterocycles. The Kier molecular flexibility index (Phi) is 17.7. The SMILES string of the molecule is NO.O=P(O)(O)O.[H-].[K+]. The quantitative estimate of drug-likeness (QED) is 0.142. The fourth-order valence-electron chi connectivity index (χ4n) is 0. The molecule has 0 radical (unpaired) electrons. The molecule has 0 rings (SSSR count). The van der Waals surface area contributed by atoms with Gasteiger partial charge in [-0.3, -0.25) is 0 Å². The van der Waals surface area contributed by atoms with Gasteiger partial charge < -0.3 is 21.3 Å². The number of phosphoric acid groups is 1. The van der Waals surface area contributed by atoms with Crippen LogP contribution >= 0.6 is 7.82 Å². The van der Waals surface area contributed by atoms with E-state index in [1.807, 2.05) is 0 Å². The van der Waals surface area contributed by atoms with E-state index in [1.54, 1.807) is 0 Å². The van der Waals surface area contributed by atoms with E-state index in [0.717, 1.165) is 0 Å². The van der Waals surface area contributed by atoms with Crippen LogP contribution in [0, 0.1) is 0 Å². The molecular formula is H7KNO5P. The van der Waals surface area contributed by atoms with Gasteiger partial charge in [-0.15, -0.1) is 0 Å². The summed E-state index contributed by atoms with van der Waals surface area (Å²) in [5, 5.41) is 6.50. The molecule has 0 heterocycles. The van der Waals surface area contributed by atoms with E-state index in [4.69, 9.17) is 24.5 Å². The van der Waals surface area contributed by atoms with Crippen LogP contribution in [0.3, 0.4) is 0 Å². The third-order valence-corrected chi connectivity index (χ3v) is 0. The van der Waals surface area contributed by atoms with Crippen molar-refractivity contribution in [2.45, 2.75) is 0 Å². The van der Waals surface area contributed by atoms with Crippen molar-refractivity contribution in [1.29, 1.82) is 0 Å². The van der Waals surface area contributed by atoms with Crippen LogP contribution in [0.1, 0.15) is 1.43 Å². The summed E-state index contributed by atoms with van der Waals surface area (Å²) in [7, 11) is -4.64. The van der Waals surface area contributed by atoms with E-state index < -0.39 is 7.82 Å². The second kappa shape index (κ2) is 8.67. The smallest absolute Gasteiger partial charge is 1.00 e. The second-order valence-electron chi connectivity index (χ2n) is 0.513. The molecule has 0 aromatic carbocycles. The van der Waals surface area contributed by atoms with Gasteiger partial charge in [0.1, 0.15) is 0 Å². The number of rotatable bonds is 0. The average molecular weight is 171 g/mol. The van der Waals surface area contributed by atoms with E-state index in [2.05, 4.69) is 5.90 Å². The minimum atomic E-state index is -4.64. The molecule has 6 nitrogen and oxygen atoms in total. The minimum Gasteiger partial charge on any atom is -1.00 e. The monoisotopic (exact) mass is 171 g/mol. The van der Waals surface area contributed by atoms with Crippen molar-refractivity contribution in [3.63, 3.8) is 0 Å². The molecule has 0 unspecified atom stereocenters. The van der Waals surface area contributed by atoms with Crippen molar-refractivity contribution in [1.82, 2.24) is 0 Å². The van der Waals surface area contributed by atoms with Crippen LogP contribution in [-0.4, -0.2) is 19.9 Å². The van der Waals surface area contributed by atoms with Crippen LogP contribution in [0.2, 0.25) is 0 Å². The fraction of sp³-hybridized carbons (Fsp3) is 0. The Hall–Kier alpha value is 1.67. The Bertz CT molecular complexity index is 63.1. The third-order valence-electron chi connectivity index (χ3n) is 0. The Balaban J connectivity index is -0.0000000286. The Morgan fingerprint density at radius 1 is 1.25 bits per heavy atom. The van der Waals surface area contributed by atoms with Crippen molar-refractivity contribution in [3.05, 3.63) is 0 Å². The van der Waals surface area contributed by atoms with Crippen LogP contribution in [0.25, 0.3) is 0 Å². The normalized spacial score (nSPS) is 8.12. The summed E-state index contributed by atoms with van der Waals surface area (Å²) in [6.07, 6.45) is 0. The molecule has 0 fully saturated rings. The summed E-state index contributed by atoms with van der Waals surface area (Å²) in [4.78, 5) is 21.6. The molecule has 0 aliphatic heterocycles. The first-order chi connectivity index (χ1) is 3.00. The summed E-state index contributed by atoms with van der Waals surface area (Å²) in [6.45, 7) is 0. The number of hydrogen-bond donors (Lipinski definition) is 5. The van der Waals surface area contributed by atoms with E-state index in [0.29, 0.717) is 0 Å². The van der Waals surface area contributed by atoms with Crippen molar-refractivity contribution < 1.29 is 77.3 Å². The van der Waals surface area contributed by atoms with Gasteiger partial charge in [-0.05, 0) is 0 Å². The van der Waals surface area contributed by atoms with Gasteiger partial charge in [-0.2, -0.15) is 0 Å². The first-order valence-corrected chi connectivity index (χ1v) is 2.61. The molecule has 6 N–H and O–H groups in total. The first-order valence-electron chi connectivity index (χ1n) is 1.04. The molecule has 0 aliphatic carbocycles. The summed E-state index contributed by atoms with van der Waals surface area (Å²) in [5.41, 5.74) is 0. The summed E-state index contributed by atoms with van der Waals surface area (Å²) < 4.78 is 8.88. The van der Waals surface area contributed by atoms with Gasteiger partial charge in [0.2, 0.25) is 0 Å². The zero-order chi connectivity index (χ0) is 6.50.